The first kappa shape index (κ1) is 14.0. The number of nitrogens with zero attached hydrogens (tertiary/aromatic N) is 2. The number of aldehydes is 1. The zero-order valence-corrected chi connectivity index (χ0v) is 10.3. The number of hydrogen-bond acceptors (Lipinski definition) is 5. The molecule has 0 aliphatic rings. The van der Waals surface area contributed by atoms with Crippen LogP contribution in [0.2, 0.25) is 0 Å². The van der Waals surface area contributed by atoms with Gasteiger partial charge in [-0.25, -0.2) is 4.63 Å². The van der Waals surface area contributed by atoms with Crippen LogP contribution in [0.5, 0.6) is 5.75 Å². The minimum Gasteiger partial charge on any atom is -0.486 e. The highest BCUT2D eigenvalue weighted by atomic mass is 19.4. The summed E-state index contributed by atoms with van der Waals surface area (Å²) in [6.07, 6.45) is -4.28. The van der Waals surface area contributed by atoms with E-state index in [2.05, 4.69) is 14.9 Å². The second-order valence-electron chi connectivity index (χ2n) is 3.96. The van der Waals surface area contributed by atoms with Crippen LogP contribution >= 0.6 is 0 Å². The molecule has 0 unspecified atom stereocenters. The highest BCUT2D eigenvalue weighted by Crippen LogP contribution is 2.36. The molecule has 20 heavy (non-hydrogen) atoms. The van der Waals surface area contributed by atoms with E-state index >= 15 is 0 Å². The van der Waals surface area contributed by atoms with Gasteiger partial charge in [0.1, 0.15) is 30.0 Å². The number of benzene rings is 1. The van der Waals surface area contributed by atoms with Crippen LogP contribution < -0.4 is 4.74 Å². The monoisotopic (exact) mass is 286 g/mol. The number of rotatable bonds is 4. The standard InChI is InChI=1S/C12H9F3N2O3/c1-7-10(17-20-16-7)6-19-11-3-2-8(5-18)4-9(11)12(13,14)15/h2-5H,6H2,1H3. The van der Waals surface area contributed by atoms with Crippen molar-refractivity contribution in [3.05, 3.63) is 40.7 Å². The van der Waals surface area contributed by atoms with E-state index in [1.807, 2.05) is 0 Å². The lowest BCUT2D eigenvalue weighted by Gasteiger charge is -2.13. The van der Waals surface area contributed by atoms with Crippen molar-refractivity contribution in [1.82, 2.24) is 10.3 Å². The highest BCUT2D eigenvalue weighted by Gasteiger charge is 2.34. The SMILES string of the molecule is Cc1nonc1COc1ccc(C=O)cc1C(F)(F)F. The summed E-state index contributed by atoms with van der Waals surface area (Å²) in [5.41, 5.74) is -0.360. The summed E-state index contributed by atoms with van der Waals surface area (Å²) < 4.78 is 48.1. The predicted molar refractivity (Wildman–Crippen MR) is 60.2 cm³/mol. The maximum absolute atomic E-state index is 12.9. The first-order chi connectivity index (χ1) is 9.41. The number of halogens is 3. The van der Waals surface area contributed by atoms with Crippen molar-refractivity contribution in [3.63, 3.8) is 0 Å². The molecule has 1 aromatic heterocycles. The van der Waals surface area contributed by atoms with Gasteiger partial charge < -0.3 is 4.74 Å². The molecule has 2 rings (SSSR count). The van der Waals surface area contributed by atoms with Gasteiger partial charge in [0.25, 0.3) is 0 Å². The molecule has 2 aromatic rings. The van der Waals surface area contributed by atoms with Crippen molar-refractivity contribution in [2.75, 3.05) is 0 Å². The molecular formula is C12H9F3N2O3. The lowest BCUT2D eigenvalue weighted by Crippen LogP contribution is -2.10. The Labute approximate surface area is 111 Å². The Bertz CT molecular complexity index is 623. The summed E-state index contributed by atoms with van der Waals surface area (Å²) >= 11 is 0. The van der Waals surface area contributed by atoms with E-state index in [0.717, 1.165) is 12.1 Å². The first-order valence-electron chi connectivity index (χ1n) is 5.49. The number of carbonyl (C=O) groups is 1. The van der Waals surface area contributed by atoms with Gasteiger partial charge >= 0.3 is 6.18 Å². The zero-order chi connectivity index (χ0) is 14.8. The van der Waals surface area contributed by atoms with E-state index in [4.69, 9.17) is 4.74 Å². The number of hydrogen-bond donors (Lipinski definition) is 0. The van der Waals surface area contributed by atoms with E-state index in [0.29, 0.717) is 17.7 Å². The van der Waals surface area contributed by atoms with E-state index in [-0.39, 0.29) is 17.9 Å². The smallest absolute Gasteiger partial charge is 0.419 e. The fourth-order valence-corrected chi connectivity index (χ4v) is 1.49. The van der Waals surface area contributed by atoms with Crippen LogP contribution in [0.15, 0.2) is 22.8 Å². The van der Waals surface area contributed by atoms with E-state index in [9.17, 15) is 18.0 Å². The average Bonchev–Trinajstić information content (AvgIpc) is 2.80. The van der Waals surface area contributed by atoms with Gasteiger partial charge in [-0.05, 0) is 25.1 Å². The predicted octanol–water partition coefficient (Wildman–Crippen LogP) is 2.79. The van der Waals surface area contributed by atoms with Gasteiger partial charge in [-0.3, -0.25) is 4.79 Å². The Morgan fingerprint density at radius 2 is 2.10 bits per heavy atom. The number of carbonyl (C=O) groups excluding carboxylic acids is 1. The number of ether oxygens (including phenoxy) is 1. The molecule has 0 atom stereocenters. The Hall–Kier alpha value is -2.38. The summed E-state index contributed by atoms with van der Waals surface area (Å²) in [6, 6.07) is 3.07. The molecule has 0 saturated carbocycles. The lowest BCUT2D eigenvalue weighted by atomic mass is 10.1. The van der Waals surface area contributed by atoms with Gasteiger partial charge in [0.2, 0.25) is 0 Å². The van der Waals surface area contributed by atoms with Gasteiger partial charge in [0.15, 0.2) is 0 Å². The fourth-order valence-electron chi connectivity index (χ4n) is 1.49. The molecule has 0 bridgehead atoms. The molecule has 0 fully saturated rings. The van der Waals surface area contributed by atoms with Crippen molar-refractivity contribution in [3.8, 4) is 5.75 Å². The van der Waals surface area contributed by atoms with Crippen LogP contribution in [0.25, 0.3) is 0 Å². The molecule has 1 heterocycles. The largest absolute Gasteiger partial charge is 0.486 e. The lowest BCUT2D eigenvalue weighted by molar-refractivity contribution is -0.139. The van der Waals surface area contributed by atoms with Gasteiger partial charge in [-0.2, -0.15) is 13.2 Å². The summed E-state index contributed by atoms with van der Waals surface area (Å²) in [5.74, 6) is -0.384. The zero-order valence-electron chi connectivity index (χ0n) is 10.3. The van der Waals surface area contributed by atoms with Crippen LogP contribution in [0, 0.1) is 6.92 Å². The Morgan fingerprint density at radius 1 is 1.35 bits per heavy atom. The molecule has 0 saturated heterocycles. The van der Waals surface area contributed by atoms with Crippen molar-refractivity contribution < 1.29 is 27.3 Å². The fraction of sp³-hybridized carbons (Fsp3) is 0.250. The first-order valence-corrected chi connectivity index (χ1v) is 5.49. The second kappa shape index (κ2) is 5.32. The van der Waals surface area contributed by atoms with Crippen LogP contribution in [0.1, 0.15) is 27.3 Å². The minimum absolute atomic E-state index is 0.0797. The minimum atomic E-state index is -4.62. The molecule has 106 valence electrons. The maximum atomic E-state index is 12.9. The molecule has 0 N–H and O–H groups in total. The Balaban J connectivity index is 2.27. The summed E-state index contributed by atoms with van der Waals surface area (Å²) in [4.78, 5) is 10.5. The van der Waals surface area contributed by atoms with Crippen LogP contribution in [0.4, 0.5) is 13.2 Å². The van der Waals surface area contributed by atoms with E-state index in [1.165, 1.54) is 6.07 Å². The second-order valence-corrected chi connectivity index (χ2v) is 3.96. The Kier molecular flexibility index (Phi) is 3.73. The van der Waals surface area contributed by atoms with E-state index < -0.39 is 11.7 Å². The molecule has 0 amide bonds. The summed E-state index contributed by atoms with van der Waals surface area (Å²) in [5, 5.41) is 7.00. The molecular weight excluding hydrogens is 277 g/mol. The third kappa shape index (κ3) is 2.95. The molecule has 5 nitrogen and oxygen atoms in total. The highest BCUT2D eigenvalue weighted by molar-refractivity contribution is 5.75. The molecule has 0 aliphatic carbocycles. The van der Waals surface area contributed by atoms with Crippen molar-refractivity contribution in [2.45, 2.75) is 19.7 Å². The number of alkyl halides is 3. The third-order valence-electron chi connectivity index (χ3n) is 2.56. The number of aromatic nitrogens is 2. The summed E-state index contributed by atoms with van der Waals surface area (Å²) in [6.45, 7) is 1.38. The van der Waals surface area contributed by atoms with Gasteiger partial charge in [0.05, 0.1) is 5.56 Å². The topological polar surface area (TPSA) is 65.2 Å². The molecule has 0 spiro atoms. The van der Waals surface area contributed by atoms with Gasteiger partial charge in [-0.1, -0.05) is 10.3 Å². The normalized spacial score (nSPS) is 11.4. The molecule has 0 aliphatic heterocycles. The summed E-state index contributed by atoms with van der Waals surface area (Å²) in [7, 11) is 0. The van der Waals surface area contributed by atoms with Crippen LogP contribution in [-0.2, 0) is 12.8 Å². The van der Waals surface area contributed by atoms with Crippen LogP contribution in [0.3, 0.4) is 0 Å². The van der Waals surface area contributed by atoms with Crippen molar-refractivity contribution in [1.29, 1.82) is 0 Å². The average molecular weight is 286 g/mol. The Morgan fingerprint density at radius 3 is 2.65 bits per heavy atom. The maximum Gasteiger partial charge on any atom is 0.419 e. The molecule has 1 aromatic carbocycles. The van der Waals surface area contributed by atoms with E-state index in [1.54, 1.807) is 6.92 Å². The van der Waals surface area contributed by atoms with Crippen molar-refractivity contribution >= 4 is 6.29 Å². The molecule has 0 radical (unpaired) electrons. The number of aryl methyl sites for hydroxylation is 1. The van der Waals surface area contributed by atoms with Crippen LogP contribution in [-0.4, -0.2) is 16.6 Å². The van der Waals surface area contributed by atoms with Gasteiger partial charge in [0, 0.05) is 5.56 Å². The molecule has 8 heteroatoms. The van der Waals surface area contributed by atoms with Crippen molar-refractivity contribution in [2.24, 2.45) is 0 Å². The van der Waals surface area contributed by atoms with Gasteiger partial charge in [-0.15, -0.1) is 0 Å². The quantitative estimate of drug-likeness (QED) is 0.808. The third-order valence-corrected chi connectivity index (χ3v) is 2.56.